The minimum absolute atomic E-state index is 0.00238. The molecule has 1 saturated carbocycles. The van der Waals surface area contributed by atoms with Crippen LogP contribution in [-0.4, -0.2) is 40.4 Å². The molecule has 2 N–H and O–H groups in total. The Kier molecular flexibility index (Phi) is 5.57. The maximum absolute atomic E-state index is 12.7. The largest absolute Gasteiger partial charge is 0.478 e. The average molecular weight is 406 g/mol. The zero-order valence-electron chi connectivity index (χ0n) is 17.0. The van der Waals surface area contributed by atoms with Crippen LogP contribution in [0, 0.1) is 17.8 Å². The van der Waals surface area contributed by atoms with E-state index < -0.39 is 5.97 Å². The highest BCUT2D eigenvalue weighted by atomic mass is 16.4. The van der Waals surface area contributed by atoms with Gasteiger partial charge in [-0.05, 0) is 41.9 Å². The Morgan fingerprint density at radius 3 is 2.43 bits per heavy atom. The summed E-state index contributed by atoms with van der Waals surface area (Å²) in [6.07, 6.45) is 1.43. The topological polar surface area (TPSA) is 86.7 Å². The first kappa shape index (κ1) is 20.1. The number of carbonyl (C=O) groups is 3. The van der Waals surface area contributed by atoms with Gasteiger partial charge < -0.3 is 15.3 Å². The number of likely N-dealkylation sites (tertiary alicyclic amines) is 1. The number of rotatable bonds is 6. The lowest BCUT2D eigenvalue weighted by Crippen LogP contribution is -2.35. The molecule has 0 radical (unpaired) electrons. The Labute approximate surface area is 175 Å². The summed E-state index contributed by atoms with van der Waals surface area (Å²) in [5.41, 5.74) is 1.29. The molecule has 6 nitrogen and oxygen atoms in total. The summed E-state index contributed by atoms with van der Waals surface area (Å²) < 4.78 is 0. The second-order valence-corrected chi connectivity index (χ2v) is 8.38. The average Bonchev–Trinajstić information content (AvgIpc) is 3.20. The van der Waals surface area contributed by atoms with E-state index in [9.17, 15) is 19.5 Å². The van der Waals surface area contributed by atoms with E-state index in [1.54, 1.807) is 12.1 Å². The molecule has 1 saturated heterocycles. The first-order valence-electron chi connectivity index (χ1n) is 10.4. The van der Waals surface area contributed by atoms with Crippen LogP contribution in [-0.2, 0) is 11.3 Å². The van der Waals surface area contributed by atoms with Gasteiger partial charge in [0, 0.05) is 25.6 Å². The Hall–Kier alpha value is -3.15. The van der Waals surface area contributed by atoms with Crippen LogP contribution in [0.5, 0.6) is 0 Å². The van der Waals surface area contributed by atoms with Crippen LogP contribution in [0.2, 0.25) is 0 Å². The SMILES string of the molecule is C[C@H]1C[C@@H]2[C@@H](CC(=O)N2Cc2ccccc2)[C@@H]1CNC(=O)c1ccccc1C(=O)O. The second kappa shape index (κ2) is 8.30. The van der Waals surface area contributed by atoms with Gasteiger partial charge in [-0.3, -0.25) is 9.59 Å². The number of carboxylic acids is 1. The standard InChI is InChI=1S/C24H26N2O4/c1-15-11-21-19(12-22(27)26(21)14-16-7-3-2-4-8-16)20(15)13-25-23(28)17-9-5-6-10-18(17)24(29)30/h2-10,15,19-21H,11-14H2,1H3,(H,25,28)(H,29,30)/t15-,19-,20+,21+/m0/s1. The molecule has 2 aromatic carbocycles. The first-order chi connectivity index (χ1) is 14.5. The molecule has 0 unspecified atom stereocenters. The summed E-state index contributed by atoms with van der Waals surface area (Å²) >= 11 is 0. The molecule has 0 aromatic heterocycles. The van der Waals surface area contributed by atoms with Crippen molar-refractivity contribution in [2.75, 3.05) is 6.54 Å². The smallest absolute Gasteiger partial charge is 0.336 e. The molecule has 2 fully saturated rings. The number of carbonyl (C=O) groups excluding carboxylic acids is 2. The Morgan fingerprint density at radius 1 is 1.07 bits per heavy atom. The van der Waals surface area contributed by atoms with Gasteiger partial charge in [-0.1, -0.05) is 49.4 Å². The van der Waals surface area contributed by atoms with Gasteiger partial charge in [0.25, 0.3) is 5.91 Å². The van der Waals surface area contributed by atoms with E-state index in [0.29, 0.717) is 25.4 Å². The molecule has 0 bridgehead atoms. The molecule has 6 heteroatoms. The highest BCUT2D eigenvalue weighted by Crippen LogP contribution is 2.46. The minimum Gasteiger partial charge on any atom is -0.478 e. The molecule has 1 aliphatic heterocycles. The summed E-state index contributed by atoms with van der Waals surface area (Å²) in [5.74, 6) is -0.538. The van der Waals surface area contributed by atoms with E-state index >= 15 is 0 Å². The monoisotopic (exact) mass is 406 g/mol. The Morgan fingerprint density at radius 2 is 1.73 bits per heavy atom. The van der Waals surface area contributed by atoms with Gasteiger partial charge in [0.2, 0.25) is 5.91 Å². The fraction of sp³-hybridized carbons (Fsp3) is 0.375. The molecule has 1 heterocycles. The maximum Gasteiger partial charge on any atom is 0.336 e. The lowest BCUT2D eigenvalue weighted by molar-refractivity contribution is -0.129. The van der Waals surface area contributed by atoms with Crippen molar-refractivity contribution in [2.45, 2.75) is 32.4 Å². The number of nitrogens with one attached hydrogen (secondary N) is 1. The van der Waals surface area contributed by atoms with E-state index in [4.69, 9.17) is 0 Å². The van der Waals surface area contributed by atoms with Gasteiger partial charge in [0.05, 0.1) is 11.1 Å². The molecule has 30 heavy (non-hydrogen) atoms. The first-order valence-corrected chi connectivity index (χ1v) is 10.4. The zero-order chi connectivity index (χ0) is 21.3. The van der Waals surface area contributed by atoms with Crippen LogP contribution >= 0.6 is 0 Å². The quantitative estimate of drug-likeness (QED) is 0.771. The summed E-state index contributed by atoms with van der Waals surface area (Å²) in [6.45, 7) is 3.24. The van der Waals surface area contributed by atoms with Crippen molar-refractivity contribution in [2.24, 2.45) is 17.8 Å². The van der Waals surface area contributed by atoms with E-state index in [-0.39, 0.29) is 40.8 Å². The fourth-order valence-electron chi connectivity index (χ4n) is 5.10. The number of hydrogen-bond acceptors (Lipinski definition) is 3. The molecule has 4 atom stereocenters. The molecule has 0 spiro atoms. The Balaban J connectivity index is 1.43. The Bertz CT molecular complexity index is 959. The molecule has 1 aliphatic carbocycles. The molecule has 4 rings (SSSR count). The summed E-state index contributed by atoms with van der Waals surface area (Å²) in [5, 5.41) is 12.2. The van der Waals surface area contributed by atoms with Crippen LogP contribution < -0.4 is 5.32 Å². The third kappa shape index (κ3) is 3.82. The third-order valence-corrected chi connectivity index (χ3v) is 6.62. The van der Waals surface area contributed by atoms with Gasteiger partial charge in [0.1, 0.15) is 0 Å². The normalized spacial score (nSPS) is 25.2. The number of aromatic carboxylic acids is 1. The van der Waals surface area contributed by atoms with Crippen molar-refractivity contribution in [1.82, 2.24) is 10.2 Å². The summed E-state index contributed by atoms with van der Waals surface area (Å²) in [4.78, 5) is 38.7. The zero-order valence-corrected chi connectivity index (χ0v) is 17.0. The van der Waals surface area contributed by atoms with Crippen molar-refractivity contribution in [1.29, 1.82) is 0 Å². The number of benzene rings is 2. The number of fused-ring (bicyclic) bond motifs is 1. The molecule has 2 aliphatic rings. The van der Waals surface area contributed by atoms with Crippen LogP contribution in [0.25, 0.3) is 0 Å². The highest BCUT2D eigenvalue weighted by Gasteiger charge is 2.50. The number of amides is 2. The number of hydrogen-bond donors (Lipinski definition) is 2. The lowest BCUT2D eigenvalue weighted by Gasteiger charge is -2.24. The second-order valence-electron chi connectivity index (χ2n) is 8.38. The van der Waals surface area contributed by atoms with Gasteiger partial charge in [0.15, 0.2) is 0 Å². The number of carboxylic acid groups (broad SMARTS) is 1. The minimum atomic E-state index is -1.12. The molecular formula is C24H26N2O4. The molecule has 156 valence electrons. The summed E-state index contributed by atoms with van der Waals surface area (Å²) in [6, 6.07) is 16.4. The van der Waals surface area contributed by atoms with Crippen LogP contribution in [0.4, 0.5) is 0 Å². The highest BCUT2D eigenvalue weighted by molar-refractivity contribution is 6.04. The van der Waals surface area contributed by atoms with E-state index in [1.165, 1.54) is 12.1 Å². The van der Waals surface area contributed by atoms with Crippen LogP contribution in [0.3, 0.4) is 0 Å². The van der Waals surface area contributed by atoms with E-state index in [1.807, 2.05) is 35.2 Å². The van der Waals surface area contributed by atoms with Crippen LogP contribution in [0.15, 0.2) is 54.6 Å². The summed E-state index contributed by atoms with van der Waals surface area (Å²) in [7, 11) is 0. The molecule has 2 aromatic rings. The molecular weight excluding hydrogens is 380 g/mol. The predicted molar refractivity (Wildman–Crippen MR) is 112 cm³/mol. The van der Waals surface area contributed by atoms with Gasteiger partial charge >= 0.3 is 5.97 Å². The van der Waals surface area contributed by atoms with Crippen molar-refractivity contribution in [3.05, 3.63) is 71.3 Å². The lowest BCUT2D eigenvalue weighted by atomic mass is 9.88. The van der Waals surface area contributed by atoms with Crippen molar-refractivity contribution >= 4 is 17.8 Å². The van der Waals surface area contributed by atoms with Gasteiger partial charge in [-0.15, -0.1) is 0 Å². The fourth-order valence-corrected chi connectivity index (χ4v) is 5.10. The third-order valence-electron chi connectivity index (χ3n) is 6.62. The van der Waals surface area contributed by atoms with Crippen molar-refractivity contribution in [3.63, 3.8) is 0 Å². The van der Waals surface area contributed by atoms with Crippen molar-refractivity contribution in [3.8, 4) is 0 Å². The number of nitrogens with zero attached hydrogens (tertiary/aromatic N) is 1. The van der Waals surface area contributed by atoms with Gasteiger partial charge in [-0.25, -0.2) is 4.79 Å². The van der Waals surface area contributed by atoms with Crippen LogP contribution in [0.1, 0.15) is 46.0 Å². The predicted octanol–water partition coefficient (Wildman–Crippen LogP) is 3.19. The maximum atomic E-state index is 12.7. The van der Waals surface area contributed by atoms with E-state index in [2.05, 4.69) is 12.2 Å². The van der Waals surface area contributed by atoms with Crippen molar-refractivity contribution < 1.29 is 19.5 Å². The molecule has 2 amide bonds. The van der Waals surface area contributed by atoms with E-state index in [0.717, 1.165) is 12.0 Å². The van der Waals surface area contributed by atoms with Gasteiger partial charge in [-0.2, -0.15) is 0 Å².